The van der Waals surface area contributed by atoms with Crippen LogP contribution in [0, 0.1) is 5.92 Å². The molecule has 1 aliphatic heterocycles. The van der Waals surface area contributed by atoms with Gasteiger partial charge in [0.15, 0.2) is 11.5 Å². The highest BCUT2D eigenvalue weighted by Gasteiger charge is 2.21. The Labute approximate surface area is 164 Å². The summed E-state index contributed by atoms with van der Waals surface area (Å²) < 4.78 is 17.4. The molecular formula is C23H25NO4. The zero-order chi connectivity index (χ0) is 19.5. The van der Waals surface area contributed by atoms with Crippen LogP contribution in [0.2, 0.25) is 0 Å². The fourth-order valence-electron chi connectivity index (χ4n) is 3.44. The molecule has 0 N–H and O–H groups in total. The van der Waals surface area contributed by atoms with E-state index in [2.05, 4.69) is 13.8 Å². The van der Waals surface area contributed by atoms with Crippen LogP contribution in [0.3, 0.4) is 0 Å². The van der Waals surface area contributed by atoms with Crippen LogP contribution in [0.5, 0.6) is 11.5 Å². The third kappa shape index (κ3) is 3.98. The van der Waals surface area contributed by atoms with E-state index in [1.54, 1.807) is 6.07 Å². The SMILES string of the molecule is CC(C)CN(Cc1cc2ccccc2o1)C(=O)c1ccc2c(c1)OCCCO2. The lowest BCUT2D eigenvalue weighted by atomic mass is 10.1. The summed E-state index contributed by atoms with van der Waals surface area (Å²) in [5.41, 5.74) is 1.44. The average molecular weight is 379 g/mol. The molecule has 0 radical (unpaired) electrons. The maximum absolute atomic E-state index is 13.3. The zero-order valence-electron chi connectivity index (χ0n) is 16.3. The molecule has 28 heavy (non-hydrogen) atoms. The highest BCUT2D eigenvalue weighted by atomic mass is 16.5. The van der Waals surface area contributed by atoms with E-state index in [0.717, 1.165) is 23.2 Å². The maximum atomic E-state index is 13.3. The molecule has 4 rings (SSSR count). The summed E-state index contributed by atoms with van der Waals surface area (Å²) >= 11 is 0. The molecule has 0 unspecified atom stereocenters. The van der Waals surface area contributed by atoms with E-state index in [-0.39, 0.29) is 5.91 Å². The second kappa shape index (κ2) is 7.97. The van der Waals surface area contributed by atoms with Gasteiger partial charge in [-0.25, -0.2) is 0 Å². The first-order chi connectivity index (χ1) is 13.6. The number of para-hydroxylation sites is 1. The quantitative estimate of drug-likeness (QED) is 0.633. The van der Waals surface area contributed by atoms with Crippen molar-refractivity contribution in [2.75, 3.05) is 19.8 Å². The summed E-state index contributed by atoms with van der Waals surface area (Å²) in [5.74, 6) is 2.42. The minimum Gasteiger partial charge on any atom is -0.490 e. The first-order valence-corrected chi connectivity index (χ1v) is 9.76. The number of amides is 1. The Kier molecular flexibility index (Phi) is 5.24. The number of benzene rings is 2. The molecule has 2 heterocycles. The molecule has 0 fully saturated rings. The van der Waals surface area contributed by atoms with Gasteiger partial charge in [0, 0.05) is 23.9 Å². The number of nitrogens with zero attached hydrogens (tertiary/aromatic N) is 1. The minimum atomic E-state index is -0.0372. The van der Waals surface area contributed by atoms with Crippen LogP contribution >= 0.6 is 0 Å². The van der Waals surface area contributed by atoms with Crippen molar-refractivity contribution in [2.24, 2.45) is 5.92 Å². The van der Waals surface area contributed by atoms with Crippen LogP contribution in [0.15, 0.2) is 52.9 Å². The monoisotopic (exact) mass is 379 g/mol. The van der Waals surface area contributed by atoms with Crippen LogP contribution in [0.25, 0.3) is 11.0 Å². The normalized spacial score (nSPS) is 13.5. The summed E-state index contributed by atoms with van der Waals surface area (Å²) in [6.07, 6.45) is 0.837. The standard InChI is InChI=1S/C23H25NO4/c1-16(2)14-24(15-19-12-17-6-3-4-7-20(17)28-19)23(25)18-8-9-21-22(13-18)27-11-5-10-26-21/h3-4,6-9,12-13,16H,5,10-11,14-15H2,1-2H3. The lowest BCUT2D eigenvalue weighted by Crippen LogP contribution is -2.33. The predicted molar refractivity (Wildman–Crippen MR) is 108 cm³/mol. The van der Waals surface area contributed by atoms with Gasteiger partial charge in [-0.05, 0) is 36.2 Å². The minimum absolute atomic E-state index is 0.0372. The van der Waals surface area contributed by atoms with Gasteiger partial charge in [-0.1, -0.05) is 32.0 Å². The van der Waals surface area contributed by atoms with E-state index in [0.29, 0.717) is 49.3 Å². The molecule has 1 aromatic heterocycles. The molecule has 2 aromatic carbocycles. The number of rotatable bonds is 5. The predicted octanol–water partition coefficient (Wildman–Crippen LogP) is 4.89. The van der Waals surface area contributed by atoms with Crippen LogP contribution in [0.1, 0.15) is 36.4 Å². The Balaban J connectivity index is 1.59. The number of ether oxygens (including phenoxy) is 2. The number of carbonyl (C=O) groups is 1. The third-order valence-corrected chi connectivity index (χ3v) is 4.69. The molecular weight excluding hydrogens is 354 g/mol. The average Bonchev–Trinajstić information content (AvgIpc) is 2.94. The fraction of sp³-hybridized carbons (Fsp3) is 0.348. The van der Waals surface area contributed by atoms with Crippen LogP contribution in [-0.4, -0.2) is 30.6 Å². The largest absolute Gasteiger partial charge is 0.490 e. The number of furan rings is 1. The van der Waals surface area contributed by atoms with Gasteiger partial charge in [0.1, 0.15) is 11.3 Å². The molecule has 5 heteroatoms. The second-order valence-electron chi connectivity index (χ2n) is 7.54. The molecule has 0 saturated heterocycles. The van der Waals surface area contributed by atoms with E-state index in [1.807, 2.05) is 47.4 Å². The van der Waals surface area contributed by atoms with Gasteiger partial charge in [0.25, 0.3) is 5.91 Å². The van der Waals surface area contributed by atoms with Gasteiger partial charge in [0.2, 0.25) is 0 Å². The Bertz CT molecular complexity index is 943. The summed E-state index contributed by atoms with van der Waals surface area (Å²) in [7, 11) is 0. The van der Waals surface area contributed by atoms with Gasteiger partial charge < -0.3 is 18.8 Å². The number of hydrogen-bond donors (Lipinski definition) is 0. The summed E-state index contributed by atoms with van der Waals surface area (Å²) in [5, 5.41) is 1.05. The van der Waals surface area contributed by atoms with Crippen molar-refractivity contribution in [3.63, 3.8) is 0 Å². The van der Waals surface area contributed by atoms with Crippen LogP contribution in [0.4, 0.5) is 0 Å². The summed E-state index contributed by atoms with van der Waals surface area (Å²) in [6.45, 7) is 6.51. The third-order valence-electron chi connectivity index (χ3n) is 4.69. The Morgan fingerprint density at radius 2 is 1.82 bits per heavy atom. The van der Waals surface area contributed by atoms with Crippen molar-refractivity contribution in [1.82, 2.24) is 4.90 Å². The number of fused-ring (bicyclic) bond motifs is 2. The zero-order valence-corrected chi connectivity index (χ0v) is 16.3. The molecule has 0 saturated carbocycles. The summed E-state index contributed by atoms with van der Waals surface area (Å²) in [6, 6.07) is 15.3. The first kappa shape index (κ1) is 18.4. The molecule has 1 aliphatic rings. The van der Waals surface area contributed by atoms with E-state index < -0.39 is 0 Å². The summed E-state index contributed by atoms with van der Waals surface area (Å²) in [4.78, 5) is 15.1. The molecule has 146 valence electrons. The lowest BCUT2D eigenvalue weighted by Gasteiger charge is -2.24. The molecule has 3 aromatic rings. The molecule has 1 amide bonds. The lowest BCUT2D eigenvalue weighted by molar-refractivity contribution is 0.0710. The Morgan fingerprint density at radius 1 is 1.04 bits per heavy atom. The van der Waals surface area contributed by atoms with Crippen molar-refractivity contribution in [1.29, 1.82) is 0 Å². The molecule has 0 atom stereocenters. The van der Waals surface area contributed by atoms with E-state index in [4.69, 9.17) is 13.9 Å². The highest BCUT2D eigenvalue weighted by molar-refractivity contribution is 5.95. The van der Waals surface area contributed by atoms with Crippen molar-refractivity contribution in [3.05, 3.63) is 59.9 Å². The Morgan fingerprint density at radius 3 is 2.61 bits per heavy atom. The van der Waals surface area contributed by atoms with Gasteiger partial charge in [0.05, 0.1) is 19.8 Å². The molecule has 0 bridgehead atoms. The smallest absolute Gasteiger partial charge is 0.254 e. The van der Waals surface area contributed by atoms with Crippen LogP contribution < -0.4 is 9.47 Å². The maximum Gasteiger partial charge on any atom is 0.254 e. The van der Waals surface area contributed by atoms with Crippen molar-refractivity contribution in [2.45, 2.75) is 26.8 Å². The number of hydrogen-bond acceptors (Lipinski definition) is 4. The Hall–Kier alpha value is -2.95. The van der Waals surface area contributed by atoms with Crippen molar-refractivity contribution >= 4 is 16.9 Å². The number of carbonyl (C=O) groups excluding carboxylic acids is 1. The molecule has 0 aliphatic carbocycles. The van der Waals surface area contributed by atoms with Gasteiger partial charge >= 0.3 is 0 Å². The molecule has 0 spiro atoms. The van der Waals surface area contributed by atoms with Crippen LogP contribution in [-0.2, 0) is 6.54 Å². The van der Waals surface area contributed by atoms with Gasteiger partial charge in [-0.15, -0.1) is 0 Å². The molecule has 5 nitrogen and oxygen atoms in total. The second-order valence-corrected chi connectivity index (χ2v) is 7.54. The van der Waals surface area contributed by atoms with E-state index in [1.165, 1.54) is 0 Å². The van der Waals surface area contributed by atoms with Crippen molar-refractivity contribution in [3.8, 4) is 11.5 Å². The van der Waals surface area contributed by atoms with Gasteiger partial charge in [-0.2, -0.15) is 0 Å². The van der Waals surface area contributed by atoms with Gasteiger partial charge in [-0.3, -0.25) is 4.79 Å². The van der Waals surface area contributed by atoms with E-state index in [9.17, 15) is 4.79 Å². The first-order valence-electron chi connectivity index (χ1n) is 9.76. The van der Waals surface area contributed by atoms with Crippen molar-refractivity contribution < 1.29 is 18.7 Å². The highest BCUT2D eigenvalue weighted by Crippen LogP contribution is 2.31. The topological polar surface area (TPSA) is 51.9 Å². The van der Waals surface area contributed by atoms with E-state index >= 15 is 0 Å². The fourth-order valence-corrected chi connectivity index (χ4v) is 3.44.